The molecule has 1 fully saturated rings. The molecule has 1 atom stereocenters. The van der Waals surface area contributed by atoms with Gasteiger partial charge in [-0.1, -0.05) is 37.5 Å². The third-order valence-corrected chi connectivity index (χ3v) is 5.94. The van der Waals surface area contributed by atoms with E-state index in [9.17, 15) is 4.79 Å². The lowest BCUT2D eigenvalue weighted by molar-refractivity contribution is -0.113. The number of hydrogen-bond donors (Lipinski definition) is 1. The number of amides is 1. The molecule has 2 aliphatic heterocycles. The number of carbonyl (C=O) groups excluding carboxylic acids is 1. The molecule has 1 aromatic heterocycles. The second kappa shape index (κ2) is 6.72. The monoisotopic (exact) mass is 360 g/mol. The molecule has 0 spiro atoms. The van der Waals surface area contributed by atoms with E-state index in [1.165, 1.54) is 32.1 Å². The van der Waals surface area contributed by atoms with Crippen molar-refractivity contribution in [2.24, 2.45) is 5.92 Å². The summed E-state index contributed by atoms with van der Waals surface area (Å²) in [5.74, 6) is 0.535. The Balaban J connectivity index is 1.56. The molecule has 1 aliphatic carbocycles. The molecular weight excluding hydrogens is 336 g/mol. The van der Waals surface area contributed by atoms with E-state index in [0.717, 1.165) is 29.3 Å². The van der Waals surface area contributed by atoms with Gasteiger partial charge in [0.25, 0.3) is 5.91 Å². The molecule has 1 aromatic carbocycles. The first-order valence-corrected chi connectivity index (χ1v) is 9.88. The highest BCUT2D eigenvalue weighted by Gasteiger charge is 2.44. The summed E-state index contributed by atoms with van der Waals surface area (Å²) in [6.07, 6.45) is 10.3. The van der Waals surface area contributed by atoms with E-state index < -0.39 is 0 Å². The molecule has 3 aliphatic rings. The minimum atomic E-state index is -0.0157. The number of nitrogens with zero attached hydrogens (tertiary/aromatic N) is 3. The number of pyridine rings is 1. The van der Waals surface area contributed by atoms with Crippen LogP contribution in [0.1, 0.15) is 37.8 Å². The molecule has 0 saturated heterocycles. The van der Waals surface area contributed by atoms with Gasteiger partial charge in [-0.25, -0.2) is 0 Å². The SMILES string of the molecule is O=C1Nc2ccccc2N2C1=CN(Cc1ccccn1)C2C1CCCCC1. The van der Waals surface area contributed by atoms with Gasteiger partial charge in [-0.15, -0.1) is 0 Å². The largest absolute Gasteiger partial charge is 0.349 e. The Morgan fingerprint density at radius 1 is 1.04 bits per heavy atom. The number of fused-ring (bicyclic) bond motifs is 3. The molecule has 1 amide bonds. The molecule has 5 rings (SSSR count). The van der Waals surface area contributed by atoms with Crippen molar-refractivity contribution >= 4 is 17.3 Å². The molecule has 0 radical (unpaired) electrons. The van der Waals surface area contributed by atoms with Gasteiger partial charge in [-0.3, -0.25) is 9.78 Å². The Hall–Kier alpha value is -2.82. The summed E-state index contributed by atoms with van der Waals surface area (Å²) in [4.78, 5) is 21.9. The standard InChI is InChI=1S/C22H24N4O/c27-21-20-15-25(14-17-10-6-7-13-23-17)22(16-8-2-1-3-9-16)26(20)19-12-5-4-11-18(19)24-21/h4-7,10-13,15-16,22H,1-3,8-9,14H2,(H,24,27). The van der Waals surface area contributed by atoms with Crippen molar-refractivity contribution in [1.29, 1.82) is 0 Å². The van der Waals surface area contributed by atoms with Gasteiger partial charge in [0.05, 0.1) is 23.6 Å². The van der Waals surface area contributed by atoms with Gasteiger partial charge in [0.15, 0.2) is 0 Å². The third kappa shape index (κ3) is 2.87. The van der Waals surface area contributed by atoms with Gasteiger partial charge >= 0.3 is 0 Å². The van der Waals surface area contributed by atoms with E-state index in [1.54, 1.807) is 0 Å². The van der Waals surface area contributed by atoms with Crippen LogP contribution >= 0.6 is 0 Å². The summed E-state index contributed by atoms with van der Waals surface area (Å²) in [5.41, 5.74) is 3.78. The number of nitrogens with one attached hydrogen (secondary N) is 1. The van der Waals surface area contributed by atoms with Crippen molar-refractivity contribution in [2.75, 3.05) is 10.2 Å². The van der Waals surface area contributed by atoms with Crippen molar-refractivity contribution in [2.45, 2.75) is 44.8 Å². The number of anilines is 2. The van der Waals surface area contributed by atoms with Crippen LogP contribution in [-0.2, 0) is 11.3 Å². The van der Waals surface area contributed by atoms with Gasteiger partial charge < -0.3 is 15.1 Å². The summed E-state index contributed by atoms with van der Waals surface area (Å²) in [6, 6.07) is 14.2. The van der Waals surface area contributed by atoms with E-state index >= 15 is 0 Å². The molecule has 27 heavy (non-hydrogen) atoms. The van der Waals surface area contributed by atoms with Crippen LogP contribution in [0.15, 0.2) is 60.6 Å². The average molecular weight is 360 g/mol. The minimum absolute atomic E-state index is 0.0157. The number of carbonyl (C=O) groups is 1. The zero-order chi connectivity index (χ0) is 18.2. The van der Waals surface area contributed by atoms with E-state index in [2.05, 4.69) is 32.2 Å². The molecular formula is C22H24N4O. The van der Waals surface area contributed by atoms with Crippen LogP contribution in [0.25, 0.3) is 0 Å². The van der Waals surface area contributed by atoms with E-state index in [4.69, 9.17) is 0 Å². The molecule has 1 unspecified atom stereocenters. The van der Waals surface area contributed by atoms with Gasteiger partial charge in [-0.2, -0.15) is 0 Å². The van der Waals surface area contributed by atoms with Crippen molar-refractivity contribution in [3.8, 4) is 0 Å². The van der Waals surface area contributed by atoms with Crippen molar-refractivity contribution < 1.29 is 4.79 Å². The van der Waals surface area contributed by atoms with Crippen molar-refractivity contribution in [3.63, 3.8) is 0 Å². The Bertz CT molecular complexity index is 873. The van der Waals surface area contributed by atoms with Crippen LogP contribution in [0.2, 0.25) is 0 Å². The zero-order valence-corrected chi connectivity index (χ0v) is 15.3. The number of aromatic nitrogens is 1. The molecule has 0 bridgehead atoms. The van der Waals surface area contributed by atoms with Crippen LogP contribution < -0.4 is 10.2 Å². The molecule has 1 N–H and O–H groups in total. The molecule has 5 heteroatoms. The molecule has 138 valence electrons. The van der Waals surface area contributed by atoms with Gasteiger partial charge in [0.2, 0.25) is 0 Å². The molecule has 1 saturated carbocycles. The van der Waals surface area contributed by atoms with E-state index in [1.807, 2.05) is 42.7 Å². The Morgan fingerprint density at radius 2 is 1.85 bits per heavy atom. The smallest absolute Gasteiger partial charge is 0.273 e. The summed E-state index contributed by atoms with van der Waals surface area (Å²) in [5, 5.41) is 3.05. The molecule has 5 nitrogen and oxygen atoms in total. The lowest BCUT2D eigenvalue weighted by Gasteiger charge is -2.42. The van der Waals surface area contributed by atoms with Crippen LogP contribution in [0.4, 0.5) is 11.4 Å². The summed E-state index contributed by atoms with van der Waals surface area (Å²) < 4.78 is 0. The van der Waals surface area contributed by atoms with Crippen LogP contribution in [-0.4, -0.2) is 22.0 Å². The lowest BCUT2D eigenvalue weighted by atomic mass is 9.85. The number of benzene rings is 1. The predicted octanol–water partition coefficient (Wildman–Crippen LogP) is 4.10. The second-order valence-corrected chi connectivity index (χ2v) is 7.66. The average Bonchev–Trinajstić information content (AvgIpc) is 3.09. The normalized spacial score (nSPS) is 22.1. The maximum atomic E-state index is 12.8. The number of para-hydroxylation sites is 2. The quantitative estimate of drug-likeness (QED) is 0.895. The minimum Gasteiger partial charge on any atom is -0.349 e. The van der Waals surface area contributed by atoms with Crippen LogP contribution in [0, 0.1) is 5.92 Å². The second-order valence-electron chi connectivity index (χ2n) is 7.66. The van der Waals surface area contributed by atoms with Gasteiger partial charge in [0.1, 0.15) is 11.9 Å². The molecule has 3 heterocycles. The number of rotatable bonds is 3. The van der Waals surface area contributed by atoms with Gasteiger partial charge in [-0.05, 0) is 43.0 Å². The van der Waals surface area contributed by atoms with Crippen LogP contribution in [0.5, 0.6) is 0 Å². The predicted molar refractivity (Wildman–Crippen MR) is 106 cm³/mol. The summed E-state index contributed by atoms with van der Waals surface area (Å²) in [6.45, 7) is 0.720. The maximum absolute atomic E-state index is 12.8. The maximum Gasteiger partial charge on any atom is 0.273 e. The highest BCUT2D eigenvalue weighted by Crippen LogP contribution is 2.44. The van der Waals surface area contributed by atoms with Crippen molar-refractivity contribution in [1.82, 2.24) is 9.88 Å². The van der Waals surface area contributed by atoms with Crippen molar-refractivity contribution in [3.05, 3.63) is 66.3 Å². The Morgan fingerprint density at radius 3 is 2.67 bits per heavy atom. The lowest BCUT2D eigenvalue weighted by Crippen LogP contribution is -2.48. The fraction of sp³-hybridized carbons (Fsp3) is 0.364. The fourth-order valence-corrected chi connectivity index (χ4v) is 4.73. The van der Waals surface area contributed by atoms with E-state index in [-0.39, 0.29) is 12.1 Å². The summed E-state index contributed by atoms with van der Waals surface area (Å²) >= 11 is 0. The highest BCUT2D eigenvalue weighted by molar-refractivity contribution is 6.12. The first-order valence-electron chi connectivity index (χ1n) is 9.88. The first-order chi connectivity index (χ1) is 13.3. The highest BCUT2D eigenvalue weighted by atomic mass is 16.2. The first kappa shape index (κ1) is 16.4. The van der Waals surface area contributed by atoms with E-state index in [0.29, 0.717) is 5.92 Å². The Labute approximate surface area is 159 Å². The number of hydrogen-bond acceptors (Lipinski definition) is 4. The summed E-state index contributed by atoms with van der Waals surface area (Å²) in [7, 11) is 0. The van der Waals surface area contributed by atoms with Crippen LogP contribution in [0.3, 0.4) is 0 Å². The zero-order valence-electron chi connectivity index (χ0n) is 15.3. The Kier molecular flexibility index (Phi) is 4.07. The third-order valence-electron chi connectivity index (χ3n) is 5.94. The molecule has 2 aromatic rings. The fourth-order valence-electron chi connectivity index (χ4n) is 4.73. The van der Waals surface area contributed by atoms with Gasteiger partial charge in [0, 0.05) is 12.4 Å². The topological polar surface area (TPSA) is 48.5 Å².